The predicted molar refractivity (Wildman–Crippen MR) is 92.0 cm³/mol. The molecule has 0 aliphatic carbocycles. The van der Waals surface area contributed by atoms with E-state index >= 15 is 0 Å². The lowest BCUT2D eigenvalue weighted by atomic mass is 9.96. The molecule has 1 N–H and O–H groups in total. The molecule has 0 heterocycles. The van der Waals surface area contributed by atoms with Gasteiger partial charge in [0.15, 0.2) is 0 Å². The molecule has 21 heavy (non-hydrogen) atoms. The molecule has 0 saturated carbocycles. The molecular weight excluding hydrogens is 326 g/mol. The summed E-state index contributed by atoms with van der Waals surface area (Å²) >= 11 is 3.73. The Balaban J connectivity index is 2.51. The van der Waals surface area contributed by atoms with Crippen molar-refractivity contribution in [3.63, 3.8) is 0 Å². The maximum Gasteiger partial charge on any atom is 0.124 e. The van der Waals surface area contributed by atoms with E-state index in [0.29, 0.717) is 6.61 Å². The minimum absolute atomic E-state index is 0.118. The van der Waals surface area contributed by atoms with Crippen molar-refractivity contribution in [3.8, 4) is 5.75 Å². The first-order chi connectivity index (χ1) is 10.2. The van der Waals surface area contributed by atoms with Gasteiger partial charge in [0.2, 0.25) is 0 Å². The second kappa shape index (κ2) is 7.62. The second-order valence-electron chi connectivity index (χ2n) is 4.94. The summed E-state index contributed by atoms with van der Waals surface area (Å²) in [5.74, 6) is 0.944. The Hall–Kier alpha value is -1.32. The number of ether oxygens (including phenoxy) is 1. The van der Waals surface area contributed by atoms with E-state index in [-0.39, 0.29) is 6.04 Å². The standard InChI is InChI=1S/C18H22BrNO/c1-4-20-18(15-11-8-9-13(3)17(15)19)14-10-6-7-12-16(14)21-5-2/h6-12,18,20H,4-5H2,1-3H3. The van der Waals surface area contributed by atoms with Crippen molar-refractivity contribution in [2.45, 2.75) is 26.8 Å². The molecule has 0 fully saturated rings. The van der Waals surface area contributed by atoms with Gasteiger partial charge in [0.1, 0.15) is 5.75 Å². The van der Waals surface area contributed by atoms with Gasteiger partial charge in [-0.15, -0.1) is 0 Å². The zero-order valence-electron chi connectivity index (χ0n) is 12.8. The Bertz CT molecular complexity index is 598. The van der Waals surface area contributed by atoms with E-state index in [9.17, 15) is 0 Å². The van der Waals surface area contributed by atoms with Crippen molar-refractivity contribution in [3.05, 3.63) is 63.6 Å². The molecule has 2 nitrogen and oxygen atoms in total. The van der Waals surface area contributed by atoms with Gasteiger partial charge < -0.3 is 10.1 Å². The highest BCUT2D eigenvalue weighted by molar-refractivity contribution is 9.10. The fourth-order valence-corrected chi connectivity index (χ4v) is 2.98. The summed E-state index contributed by atoms with van der Waals surface area (Å²) in [4.78, 5) is 0. The first-order valence-corrected chi connectivity index (χ1v) is 8.18. The van der Waals surface area contributed by atoms with Crippen LogP contribution in [0, 0.1) is 6.92 Å². The molecule has 2 aromatic carbocycles. The second-order valence-corrected chi connectivity index (χ2v) is 5.73. The lowest BCUT2D eigenvalue weighted by Crippen LogP contribution is -2.23. The van der Waals surface area contributed by atoms with Crippen molar-refractivity contribution in [1.29, 1.82) is 0 Å². The van der Waals surface area contributed by atoms with Crippen LogP contribution in [0.25, 0.3) is 0 Å². The van der Waals surface area contributed by atoms with Gasteiger partial charge in [0.25, 0.3) is 0 Å². The Kier molecular flexibility index (Phi) is 5.83. The maximum absolute atomic E-state index is 5.80. The molecule has 0 bridgehead atoms. The normalized spacial score (nSPS) is 12.2. The number of hydrogen-bond donors (Lipinski definition) is 1. The van der Waals surface area contributed by atoms with Crippen LogP contribution in [-0.2, 0) is 0 Å². The Morgan fingerprint density at radius 1 is 1.05 bits per heavy atom. The van der Waals surface area contributed by atoms with Crippen LogP contribution in [0.1, 0.15) is 36.6 Å². The fourth-order valence-electron chi connectivity index (χ4n) is 2.49. The number of hydrogen-bond acceptors (Lipinski definition) is 2. The van der Waals surface area contributed by atoms with E-state index < -0.39 is 0 Å². The summed E-state index contributed by atoms with van der Waals surface area (Å²) in [5.41, 5.74) is 3.65. The van der Waals surface area contributed by atoms with Crippen LogP contribution < -0.4 is 10.1 Å². The van der Waals surface area contributed by atoms with Gasteiger partial charge in [-0.25, -0.2) is 0 Å². The Morgan fingerprint density at radius 2 is 1.76 bits per heavy atom. The Morgan fingerprint density at radius 3 is 2.48 bits per heavy atom. The first kappa shape index (κ1) is 16.1. The zero-order valence-corrected chi connectivity index (χ0v) is 14.4. The molecule has 0 aliphatic heterocycles. The maximum atomic E-state index is 5.80. The number of benzene rings is 2. The molecule has 2 aromatic rings. The predicted octanol–water partition coefficient (Wildman–Crippen LogP) is 4.86. The van der Waals surface area contributed by atoms with Crippen molar-refractivity contribution in [1.82, 2.24) is 5.32 Å². The van der Waals surface area contributed by atoms with Crippen molar-refractivity contribution in [2.24, 2.45) is 0 Å². The van der Waals surface area contributed by atoms with Crippen LogP contribution in [-0.4, -0.2) is 13.2 Å². The van der Waals surface area contributed by atoms with Gasteiger partial charge in [-0.3, -0.25) is 0 Å². The molecule has 0 radical (unpaired) electrons. The van der Waals surface area contributed by atoms with Gasteiger partial charge in [0.05, 0.1) is 12.6 Å². The topological polar surface area (TPSA) is 21.3 Å². The van der Waals surface area contributed by atoms with E-state index in [2.05, 4.69) is 65.4 Å². The molecule has 2 rings (SSSR count). The summed E-state index contributed by atoms with van der Waals surface area (Å²) in [5, 5.41) is 3.57. The molecule has 0 aliphatic rings. The highest BCUT2D eigenvalue weighted by atomic mass is 79.9. The molecule has 3 heteroatoms. The van der Waals surface area contributed by atoms with Crippen LogP contribution in [0.4, 0.5) is 0 Å². The molecule has 0 saturated heterocycles. The number of halogens is 1. The van der Waals surface area contributed by atoms with Gasteiger partial charge in [-0.05, 0) is 37.6 Å². The molecule has 1 unspecified atom stereocenters. The van der Waals surface area contributed by atoms with E-state index in [1.54, 1.807) is 0 Å². The van der Waals surface area contributed by atoms with Crippen molar-refractivity contribution >= 4 is 15.9 Å². The molecule has 0 aromatic heterocycles. The SMILES string of the molecule is CCNC(c1ccccc1OCC)c1cccc(C)c1Br. The molecule has 0 amide bonds. The highest BCUT2D eigenvalue weighted by Gasteiger charge is 2.20. The van der Waals surface area contributed by atoms with Gasteiger partial charge in [-0.1, -0.05) is 59.3 Å². The summed E-state index contributed by atoms with van der Waals surface area (Å²) in [6.45, 7) is 7.82. The largest absolute Gasteiger partial charge is 0.494 e. The summed E-state index contributed by atoms with van der Waals surface area (Å²) in [6.07, 6.45) is 0. The fraction of sp³-hybridized carbons (Fsp3) is 0.333. The lowest BCUT2D eigenvalue weighted by molar-refractivity contribution is 0.333. The molecule has 0 spiro atoms. The highest BCUT2D eigenvalue weighted by Crippen LogP contribution is 2.35. The van der Waals surface area contributed by atoms with Crippen molar-refractivity contribution < 1.29 is 4.74 Å². The third-order valence-corrected chi connectivity index (χ3v) is 4.55. The van der Waals surface area contributed by atoms with Gasteiger partial charge >= 0.3 is 0 Å². The van der Waals surface area contributed by atoms with E-state index in [0.717, 1.165) is 16.8 Å². The van der Waals surface area contributed by atoms with Gasteiger partial charge in [0, 0.05) is 10.0 Å². The van der Waals surface area contributed by atoms with E-state index in [1.165, 1.54) is 16.7 Å². The minimum Gasteiger partial charge on any atom is -0.494 e. The number of nitrogens with one attached hydrogen (secondary N) is 1. The minimum atomic E-state index is 0.118. The third-order valence-electron chi connectivity index (χ3n) is 3.47. The van der Waals surface area contributed by atoms with Crippen LogP contribution in [0.3, 0.4) is 0 Å². The van der Waals surface area contributed by atoms with Crippen LogP contribution in [0.5, 0.6) is 5.75 Å². The van der Waals surface area contributed by atoms with Crippen molar-refractivity contribution in [2.75, 3.05) is 13.2 Å². The van der Waals surface area contributed by atoms with Crippen LogP contribution >= 0.6 is 15.9 Å². The van der Waals surface area contributed by atoms with Crippen LogP contribution in [0.15, 0.2) is 46.9 Å². The average Bonchev–Trinajstić information content (AvgIpc) is 2.49. The molecule has 112 valence electrons. The number of rotatable bonds is 6. The number of aryl methyl sites for hydroxylation is 1. The third kappa shape index (κ3) is 3.66. The zero-order chi connectivity index (χ0) is 15.2. The van der Waals surface area contributed by atoms with Crippen LogP contribution in [0.2, 0.25) is 0 Å². The van der Waals surface area contributed by atoms with E-state index in [4.69, 9.17) is 4.74 Å². The quantitative estimate of drug-likeness (QED) is 0.805. The smallest absolute Gasteiger partial charge is 0.124 e. The number of para-hydroxylation sites is 1. The lowest BCUT2D eigenvalue weighted by Gasteiger charge is -2.23. The summed E-state index contributed by atoms with van der Waals surface area (Å²) in [6, 6.07) is 14.7. The van der Waals surface area contributed by atoms with E-state index in [1.807, 2.05) is 19.1 Å². The average molecular weight is 348 g/mol. The first-order valence-electron chi connectivity index (χ1n) is 7.39. The molecule has 1 atom stereocenters. The summed E-state index contributed by atoms with van der Waals surface area (Å²) in [7, 11) is 0. The monoisotopic (exact) mass is 347 g/mol. The molecular formula is C18H22BrNO. The summed E-state index contributed by atoms with van der Waals surface area (Å²) < 4.78 is 6.96. The van der Waals surface area contributed by atoms with Gasteiger partial charge in [-0.2, -0.15) is 0 Å². The Labute approximate surface area is 135 Å².